The number of alkyl halides is 3. The third-order valence-electron chi connectivity index (χ3n) is 6.77. The van der Waals surface area contributed by atoms with Crippen LogP contribution in [0.5, 0.6) is 0 Å². The molecule has 2 heterocycles. The van der Waals surface area contributed by atoms with Crippen molar-refractivity contribution in [3.8, 4) is 5.69 Å². The van der Waals surface area contributed by atoms with Crippen LogP contribution in [0.4, 0.5) is 18.2 Å². The van der Waals surface area contributed by atoms with Crippen LogP contribution in [-0.2, 0) is 46.3 Å². The molecule has 0 fully saturated rings. The van der Waals surface area contributed by atoms with Crippen molar-refractivity contribution in [3.63, 3.8) is 0 Å². The maximum atomic E-state index is 13.5. The van der Waals surface area contributed by atoms with Crippen LogP contribution >= 0.6 is 23.1 Å². The van der Waals surface area contributed by atoms with Gasteiger partial charge in [0.1, 0.15) is 5.00 Å². The SMILES string of the molecule is CCOC(=O)c1c(NC(=O)CSc2nnc(CNC(=O)Cc3ccccc3)n2-c2cccc(C(F)(F)F)c2)sc2c1CCC2. The Morgan fingerprint density at radius 2 is 1.84 bits per heavy atom. The summed E-state index contributed by atoms with van der Waals surface area (Å²) >= 11 is 2.32. The van der Waals surface area contributed by atoms with E-state index in [4.69, 9.17) is 4.74 Å². The predicted molar refractivity (Wildman–Crippen MR) is 160 cm³/mol. The molecule has 0 aliphatic heterocycles. The summed E-state index contributed by atoms with van der Waals surface area (Å²) in [6.07, 6.45) is -1.99. The van der Waals surface area contributed by atoms with Gasteiger partial charge in [-0.3, -0.25) is 14.2 Å². The van der Waals surface area contributed by atoms with Gasteiger partial charge in [-0.1, -0.05) is 48.2 Å². The highest BCUT2D eigenvalue weighted by Crippen LogP contribution is 2.40. The zero-order valence-corrected chi connectivity index (χ0v) is 25.2. The van der Waals surface area contributed by atoms with E-state index in [0.717, 1.165) is 59.2 Å². The van der Waals surface area contributed by atoms with Crippen molar-refractivity contribution in [3.05, 3.63) is 87.6 Å². The summed E-state index contributed by atoms with van der Waals surface area (Å²) in [6.45, 7) is 1.81. The van der Waals surface area contributed by atoms with E-state index >= 15 is 0 Å². The number of fused-ring (bicyclic) bond motifs is 1. The lowest BCUT2D eigenvalue weighted by atomic mass is 10.1. The summed E-state index contributed by atoms with van der Waals surface area (Å²) in [5.74, 6) is -1.20. The van der Waals surface area contributed by atoms with E-state index in [1.54, 1.807) is 6.92 Å². The summed E-state index contributed by atoms with van der Waals surface area (Å²) in [7, 11) is 0. The number of nitrogens with zero attached hydrogens (tertiary/aromatic N) is 3. The van der Waals surface area contributed by atoms with Gasteiger partial charge in [0, 0.05) is 4.88 Å². The lowest BCUT2D eigenvalue weighted by Gasteiger charge is -2.13. The number of amides is 2. The number of halogens is 3. The molecule has 230 valence electrons. The number of hydrogen-bond acceptors (Lipinski definition) is 8. The standard InChI is InChI=1S/C30H28F3N5O4S2/c1-2-42-28(41)26-21-12-7-13-22(21)44-27(26)35-25(40)17-43-29-37-36-23(16-34-24(39)14-18-8-4-3-5-9-18)38(29)20-11-6-10-19(15-20)30(31,32)33/h3-6,8-11,15H,2,7,12-14,16-17H2,1H3,(H,34,39)(H,35,40). The van der Waals surface area contributed by atoms with E-state index in [2.05, 4.69) is 20.8 Å². The molecule has 14 heteroatoms. The highest BCUT2D eigenvalue weighted by atomic mass is 32.2. The Morgan fingerprint density at radius 1 is 1.05 bits per heavy atom. The first-order valence-corrected chi connectivity index (χ1v) is 15.6. The topological polar surface area (TPSA) is 115 Å². The van der Waals surface area contributed by atoms with Crippen molar-refractivity contribution in [1.82, 2.24) is 20.1 Å². The van der Waals surface area contributed by atoms with Gasteiger partial charge in [-0.25, -0.2) is 4.79 Å². The summed E-state index contributed by atoms with van der Waals surface area (Å²) in [6, 6.07) is 13.7. The van der Waals surface area contributed by atoms with Crippen molar-refractivity contribution in [2.45, 2.75) is 50.5 Å². The van der Waals surface area contributed by atoms with Gasteiger partial charge < -0.3 is 15.4 Å². The van der Waals surface area contributed by atoms with Gasteiger partial charge in [0.05, 0.1) is 42.1 Å². The summed E-state index contributed by atoms with van der Waals surface area (Å²) < 4.78 is 47.2. The highest BCUT2D eigenvalue weighted by Gasteiger charge is 2.31. The molecule has 44 heavy (non-hydrogen) atoms. The van der Waals surface area contributed by atoms with Crippen molar-refractivity contribution in [2.75, 3.05) is 17.7 Å². The fourth-order valence-electron chi connectivity index (χ4n) is 4.81. The molecule has 1 aliphatic carbocycles. The number of rotatable bonds is 11. The van der Waals surface area contributed by atoms with E-state index in [0.29, 0.717) is 10.6 Å². The molecule has 0 saturated heterocycles. The van der Waals surface area contributed by atoms with Crippen LogP contribution in [0.1, 0.15) is 51.1 Å². The molecule has 0 saturated carbocycles. The minimum Gasteiger partial charge on any atom is -0.462 e. The van der Waals surface area contributed by atoms with E-state index in [-0.39, 0.29) is 47.9 Å². The fraction of sp³-hybridized carbons (Fsp3) is 0.300. The van der Waals surface area contributed by atoms with E-state index in [1.165, 1.54) is 28.0 Å². The number of thioether (sulfide) groups is 1. The third kappa shape index (κ3) is 7.30. The molecule has 2 N–H and O–H groups in total. The average molecular weight is 644 g/mol. The van der Waals surface area contributed by atoms with Crippen LogP contribution in [0.15, 0.2) is 59.8 Å². The molecule has 0 radical (unpaired) electrons. The van der Waals surface area contributed by atoms with Crippen molar-refractivity contribution >= 4 is 45.9 Å². The zero-order valence-electron chi connectivity index (χ0n) is 23.6. The monoisotopic (exact) mass is 643 g/mol. The van der Waals surface area contributed by atoms with Gasteiger partial charge in [-0.15, -0.1) is 21.5 Å². The maximum absolute atomic E-state index is 13.5. The average Bonchev–Trinajstić information content (AvgIpc) is 3.70. The molecule has 1 aliphatic rings. The van der Waals surface area contributed by atoms with Crippen molar-refractivity contribution in [2.24, 2.45) is 0 Å². The van der Waals surface area contributed by atoms with Crippen LogP contribution in [0.25, 0.3) is 5.69 Å². The molecular weight excluding hydrogens is 615 g/mol. The Kier molecular flexibility index (Phi) is 9.69. The minimum absolute atomic E-state index is 0.106. The first-order valence-electron chi connectivity index (χ1n) is 13.8. The Labute approximate surface area is 259 Å². The first-order chi connectivity index (χ1) is 21.1. The number of nitrogens with one attached hydrogen (secondary N) is 2. The van der Waals surface area contributed by atoms with Crippen LogP contribution in [0, 0.1) is 0 Å². The Bertz CT molecular complexity index is 1670. The molecule has 2 aromatic carbocycles. The molecule has 5 rings (SSSR count). The van der Waals surface area contributed by atoms with Gasteiger partial charge in [0.2, 0.25) is 11.8 Å². The smallest absolute Gasteiger partial charge is 0.416 e. The molecule has 0 bridgehead atoms. The Hall–Kier alpha value is -4.17. The molecular formula is C30H28F3N5O4S2. The number of esters is 1. The van der Waals surface area contributed by atoms with Crippen LogP contribution in [0.2, 0.25) is 0 Å². The first kappa shape index (κ1) is 31.3. The van der Waals surface area contributed by atoms with Crippen molar-refractivity contribution < 1.29 is 32.3 Å². The molecule has 0 atom stereocenters. The molecule has 0 unspecified atom stereocenters. The summed E-state index contributed by atoms with van der Waals surface area (Å²) in [5, 5.41) is 14.4. The maximum Gasteiger partial charge on any atom is 0.416 e. The lowest BCUT2D eigenvalue weighted by Crippen LogP contribution is -2.26. The number of aryl methyl sites for hydroxylation is 1. The van der Waals surface area contributed by atoms with E-state index in [9.17, 15) is 27.6 Å². The van der Waals surface area contributed by atoms with Gasteiger partial charge in [0.25, 0.3) is 0 Å². The van der Waals surface area contributed by atoms with Crippen LogP contribution in [-0.4, -0.2) is 44.9 Å². The second-order valence-corrected chi connectivity index (χ2v) is 11.9. The predicted octanol–water partition coefficient (Wildman–Crippen LogP) is 5.60. The van der Waals surface area contributed by atoms with E-state index < -0.39 is 23.6 Å². The van der Waals surface area contributed by atoms with Crippen LogP contribution in [0.3, 0.4) is 0 Å². The lowest BCUT2D eigenvalue weighted by molar-refractivity contribution is -0.137. The molecule has 4 aromatic rings. The third-order valence-corrected chi connectivity index (χ3v) is 8.91. The molecule has 9 nitrogen and oxygen atoms in total. The highest BCUT2D eigenvalue weighted by molar-refractivity contribution is 7.99. The second kappa shape index (κ2) is 13.6. The molecule has 2 aromatic heterocycles. The van der Waals surface area contributed by atoms with Gasteiger partial charge >= 0.3 is 12.1 Å². The number of ether oxygens (including phenoxy) is 1. The zero-order chi connectivity index (χ0) is 31.3. The quantitative estimate of drug-likeness (QED) is 0.162. The molecule has 0 spiro atoms. The van der Waals surface area contributed by atoms with Gasteiger partial charge in [-0.05, 0) is 55.5 Å². The number of carbonyl (C=O) groups is 3. The van der Waals surface area contributed by atoms with Crippen LogP contribution < -0.4 is 10.6 Å². The number of thiophene rings is 1. The summed E-state index contributed by atoms with van der Waals surface area (Å²) in [4.78, 5) is 39.3. The largest absolute Gasteiger partial charge is 0.462 e. The second-order valence-electron chi connectivity index (χ2n) is 9.84. The van der Waals surface area contributed by atoms with Gasteiger partial charge in [0.15, 0.2) is 11.0 Å². The fourth-order valence-corrected chi connectivity index (χ4v) is 6.88. The van der Waals surface area contributed by atoms with E-state index in [1.807, 2.05) is 30.3 Å². The minimum atomic E-state index is -4.58. The summed E-state index contributed by atoms with van der Waals surface area (Å²) in [5.41, 5.74) is 1.34. The number of aromatic nitrogens is 3. The van der Waals surface area contributed by atoms with Crippen molar-refractivity contribution in [1.29, 1.82) is 0 Å². The number of anilines is 1. The number of hydrogen-bond donors (Lipinski definition) is 2. The number of carbonyl (C=O) groups excluding carboxylic acids is 3. The van der Waals surface area contributed by atoms with Gasteiger partial charge in [-0.2, -0.15) is 13.2 Å². The Balaban J connectivity index is 1.34. The molecule has 2 amide bonds. The Morgan fingerprint density at radius 3 is 2.59 bits per heavy atom. The normalized spacial score (nSPS) is 12.5. The number of benzene rings is 2.